The van der Waals surface area contributed by atoms with Crippen molar-refractivity contribution in [3.05, 3.63) is 28.2 Å². The van der Waals surface area contributed by atoms with Gasteiger partial charge in [-0.25, -0.2) is 0 Å². The van der Waals surface area contributed by atoms with Gasteiger partial charge in [0.1, 0.15) is 0 Å². The molecule has 0 aliphatic heterocycles. The van der Waals surface area contributed by atoms with Crippen molar-refractivity contribution in [2.75, 3.05) is 6.61 Å². The molecule has 0 saturated heterocycles. The maximum absolute atomic E-state index is 12.3. The third-order valence-electron chi connectivity index (χ3n) is 4.06. The van der Waals surface area contributed by atoms with Gasteiger partial charge in [-0.2, -0.15) is 0 Å². The summed E-state index contributed by atoms with van der Waals surface area (Å²) in [5.74, 6) is -0.0736. The molecule has 2 rings (SSSR count). The van der Waals surface area contributed by atoms with E-state index in [2.05, 4.69) is 47.7 Å². The summed E-state index contributed by atoms with van der Waals surface area (Å²) in [6.07, 6.45) is 1.09. The van der Waals surface area contributed by atoms with Crippen LogP contribution in [0.25, 0.3) is 0 Å². The van der Waals surface area contributed by atoms with Crippen molar-refractivity contribution in [1.29, 1.82) is 0 Å². The van der Waals surface area contributed by atoms with E-state index in [0.717, 1.165) is 10.9 Å². The Bertz CT molecular complexity index is 519. The predicted molar refractivity (Wildman–Crippen MR) is 86.5 cm³/mol. The van der Waals surface area contributed by atoms with Gasteiger partial charge in [0.05, 0.1) is 11.7 Å². The predicted octanol–water partition coefficient (Wildman–Crippen LogP) is 3.67. The highest BCUT2D eigenvalue weighted by Crippen LogP contribution is 2.42. The number of hydrogen-bond acceptors (Lipinski definition) is 3. The minimum Gasteiger partial charge on any atom is -0.378 e. The van der Waals surface area contributed by atoms with Crippen LogP contribution >= 0.6 is 28.6 Å². The fourth-order valence-electron chi connectivity index (χ4n) is 2.55. The molecule has 1 N–H and O–H groups in total. The highest BCUT2D eigenvalue weighted by atomic mass is 79.9. The number of hydrogen-bond donors (Lipinski definition) is 2. The zero-order valence-corrected chi connectivity index (χ0v) is 14.4. The van der Waals surface area contributed by atoms with E-state index in [0.29, 0.717) is 17.1 Å². The number of carbonyl (C=O) groups excluding carboxylic acids is 1. The SMILES string of the molecule is CCOC1CC(NC(=O)c2ccc(Br)cc2S)C1(C)C. The third kappa shape index (κ3) is 3.05. The Hall–Kier alpha value is -0.520. The highest BCUT2D eigenvalue weighted by molar-refractivity contribution is 9.10. The summed E-state index contributed by atoms with van der Waals surface area (Å²) < 4.78 is 6.59. The Morgan fingerprint density at radius 1 is 1.55 bits per heavy atom. The quantitative estimate of drug-likeness (QED) is 0.806. The summed E-state index contributed by atoms with van der Waals surface area (Å²) in [6.45, 7) is 6.97. The molecule has 0 heterocycles. The maximum Gasteiger partial charge on any atom is 0.252 e. The first kappa shape index (κ1) is 15.9. The van der Waals surface area contributed by atoms with Crippen molar-refractivity contribution in [2.24, 2.45) is 5.41 Å². The molecule has 110 valence electrons. The average molecular weight is 358 g/mol. The lowest BCUT2D eigenvalue weighted by atomic mass is 9.64. The van der Waals surface area contributed by atoms with Crippen molar-refractivity contribution in [2.45, 2.75) is 44.2 Å². The first-order chi connectivity index (χ1) is 9.36. The van der Waals surface area contributed by atoms with Crippen molar-refractivity contribution >= 4 is 34.5 Å². The fourth-order valence-corrected chi connectivity index (χ4v) is 3.40. The van der Waals surface area contributed by atoms with Crippen molar-refractivity contribution in [1.82, 2.24) is 5.32 Å². The molecular formula is C15H20BrNO2S. The van der Waals surface area contributed by atoms with E-state index >= 15 is 0 Å². The lowest BCUT2D eigenvalue weighted by molar-refractivity contribution is -0.111. The van der Waals surface area contributed by atoms with Crippen LogP contribution in [0.2, 0.25) is 0 Å². The van der Waals surface area contributed by atoms with Gasteiger partial charge in [0.15, 0.2) is 0 Å². The zero-order chi connectivity index (χ0) is 14.9. The van der Waals surface area contributed by atoms with Crippen LogP contribution in [0.1, 0.15) is 37.6 Å². The average Bonchev–Trinajstić information content (AvgIpc) is 2.37. The van der Waals surface area contributed by atoms with Gasteiger partial charge in [-0.3, -0.25) is 4.79 Å². The maximum atomic E-state index is 12.3. The second kappa shape index (κ2) is 6.08. The Balaban J connectivity index is 2.03. The largest absolute Gasteiger partial charge is 0.378 e. The van der Waals surface area contributed by atoms with Crippen LogP contribution < -0.4 is 5.32 Å². The van der Waals surface area contributed by atoms with Gasteiger partial charge >= 0.3 is 0 Å². The van der Waals surface area contributed by atoms with E-state index in [-0.39, 0.29) is 23.5 Å². The second-order valence-corrected chi connectivity index (χ2v) is 7.09. The topological polar surface area (TPSA) is 38.3 Å². The van der Waals surface area contributed by atoms with Crippen molar-refractivity contribution in [3.8, 4) is 0 Å². The van der Waals surface area contributed by atoms with Gasteiger partial charge in [0.25, 0.3) is 5.91 Å². The van der Waals surface area contributed by atoms with Gasteiger partial charge in [0, 0.05) is 27.4 Å². The minimum absolute atomic E-state index is 0.0300. The summed E-state index contributed by atoms with van der Waals surface area (Å²) in [5, 5.41) is 3.09. The van der Waals surface area contributed by atoms with Gasteiger partial charge < -0.3 is 10.1 Å². The van der Waals surface area contributed by atoms with Crippen LogP contribution in [0, 0.1) is 5.41 Å². The van der Waals surface area contributed by atoms with Crippen LogP contribution in [-0.2, 0) is 4.74 Å². The van der Waals surface area contributed by atoms with Gasteiger partial charge in [-0.05, 0) is 31.5 Å². The summed E-state index contributed by atoms with van der Waals surface area (Å²) >= 11 is 7.72. The molecule has 3 nitrogen and oxygen atoms in total. The molecule has 20 heavy (non-hydrogen) atoms. The molecule has 5 heteroatoms. The highest BCUT2D eigenvalue weighted by Gasteiger charge is 2.49. The molecule has 1 fully saturated rings. The van der Waals surface area contributed by atoms with Crippen LogP contribution in [0.3, 0.4) is 0 Å². The summed E-state index contributed by atoms with van der Waals surface area (Å²) in [7, 11) is 0. The van der Waals surface area contributed by atoms with Crippen LogP contribution in [-0.4, -0.2) is 24.7 Å². The monoisotopic (exact) mass is 357 g/mol. The number of halogens is 1. The molecule has 1 aromatic carbocycles. The van der Waals surface area contributed by atoms with Crippen LogP contribution in [0.15, 0.2) is 27.6 Å². The summed E-state index contributed by atoms with van der Waals surface area (Å²) in [6, 6.07) is 5.60. The molecule has 0 spiro atoms. The Labute approximate surface area is 134 Å². The molecular weight excluding hydrogens is 338 g/mol. The Morgan fingerprint density at radius 2 is 2.25 bits per heavy atom. The van der Waals surface area contributed by atoms with Crippen LogP contribution in [0.4, 0.5) is 0 Å². The van der Waals surface area contributed by atoms with Crippen molar-refractivity contribution < 1.29 is 9.53 Å². The van der Waals surface area contributed by atoms with Gasteiger partial charge in [0.2, 0.25) is 0 Å². The number of ether oxygens (including phenoxy) is 1. The number of benzene rings is 1. The number of rotatable bonds is 4. The molecule has 0 bridgehead atoms. The number of carbonyl (C=O) groups is 1. The van der Waals surface area contributed by atoms with E-state index in [1.807, 2.05) is 19.1 Å². The molecule has 0 radical (unpaired) electrons. The normalized spacial score (nSPS) is 24.1. The standard InChI is InChI=1S/C15H20BrNO2S/c1-4-19-13-8-12(15(13,2)3)17-14(18)10-6-5-9(16)7-11(10)20/h5-7,12-13,20H,4,8H2,1-3H3,(H,17,18). The first-order valence-electron chi connectivity index (χ1n) is 6.77. The number of amides is 1. The molecule has 2 atom stereocenters. The first-order valence-corrected chi connectivity index (χ1v) is 8.01. The molecule has 1 aliphatic rings. The lowest BCUT2D eigenvalue weighted by Crippen LogP contribution is -2.62. The smallest absolute Gasteiger partial charge is 0.252 e. The summed E-state index contributed by atoms with van der Waals surface area (Å²) in [5.41, 5.74) is 0.574. The van der Waals surface area contributed by atoms with Crippen LogP contribution in [0.5, 0.6) is 0 Å². The molecule has 1 saturated carbocycles. The zero-order valence-electron chi connectivity index (χ0n) is 11.9. The molecule has 2 unspecified atom stereocenters. The van der Waals surface area contributed by atoms with E-state index in [1.54, 1.807) is 6.07 Å². The second-order valence-electron chi connectivity index (χ2n) is 5.69. The molecule has 0 aromatic heterocycles. The van der Waals surface area contributed by atoms with Gasteiger partial charge in [-0.15, -0.1) is 12.6 Å². The number of nitrogens with one attached hydrogen (secondary N) is 1. The summed E-state index contributed by atoms with van der Waals surface area (Å²) in [4.78, 5) is 13.0. The van der Waals surface area contributed by atoms with E-state index in [4.69, 9.17) is 4.74 Å². The number of thiol groups is 1. The minimum atomic E-state index is -0.0736. The van der Waals surface area contributed by atoms with E-state index in [1.165, 1.54) is 0 Å². The third-order valence-corrected chi connectivity index (χ3v) is 4.92. The fraction of sp³-hybridized carbons (Fsp3) is 0.533. The Kier molecular flexibility index (Phi) is 4.82. The van der Waals surface area contributed by atoms with E-state index < -0.39 is 0 Å². The molecule has 1 amide bonds. The molecule has 1 aromatic rings. The van der Waals surface area contributed by atoms with Crippen molar-refractivity contribution in [3.63, 3.8) is 0 Å². The molecule has 1 aliphatic carbocycles. The lowest BCUT2D eigenvalue weighted by Gasteiger charge is -2.51. The van der Waals surface area contributed by atoms with E-state index in [9.17, 15) is 4.79 Å². The van der Waals surface area contributed by atoms with Gasteiger partial charge in [-0.1, -0.05) is 29.8 Å². The Morgan fingerprint density at radius 3 is 2.80 bits per heavy atom.